The number of carboxylic acids is 1. The van der Waals surface area contributed by atoms with E-state index < -0.39 is 29.2 Å². The monoisotopic (exact) mass is 473 g/mol. The molecule has 0 aliphatic rings. The molecule has 3 aromatic carbocycles. The molecule has 0 fully saturated rings. The first-order chi connectivity index (χ1) is 14.3. The largest absolute Gasteiger partial charge is 0.477 e. The van der Waals surface area contributed by atoms with E-state index in [1.165, 1.54) is 24.3 Å². The van der Waals surface area contributed by atoms with Gasteiger partial charge in [0.15, 0.2) is 11.6 Å². The van der Waals surface area contributed by atoms with E-state index in [0.29, 0.717) is 10.2 Å². The third-order valence-corrected chi connectivity index (χ3v) is 4.54. The summed E-state index contributed by atoms with van der Waals surface area (Å²) in [5.41, 5.74) is -0.363. The third kappa shape index (κ3) is 5.30. The predicted molar refractivity (Wildman–Crippen MR) is 110 cm³/mol. The van der Waals surface area contributed by atoms with E-state index in [4.69, 9.17) is 4.74 Å². The van der Waals surface area contributed by atoms with Gasteiger partial charge in [-0.3, -0.25) is 4.79 Å². The highest BCUT2D eigenvalue weighted by atomic mass is 79.9. The molecule has 1 amide bonds. The van der Waals surface area contributed by atoms with Gasteiger partial charge in [-0.1, -0.05) is 24.3 Å². The van der Waals surface area contributed by atoms with Crippen molar-refractivity contribution in [3.63, 3.8) is 0 Å². The van der Waals surface area contributed by atoms with Crippen LogP contribution < -0.4 is 10.1 Å². The second-order valence-corrected chi connectivity index (χ2v) is 6.90. The Labute approximate surface area is 178 Å². The molecule has 3 rings (SSSR count). The molecule has 0 aliphatic heterocycles. The topological polar surface area (TPSA) is 75.6 Å². The van der Waals surface area contributed by atoms with Crippen molar-refractivity contribution in [2.75, 3.05) is 0 Å². The van der Waals surface area contributed by atoms with E-state index in [1.54, 1.807) is 24.3 Å². The fraction of sp³-hybridized carbons (Fsp3) is 0. The van der Waals surface area contributed by atoms with Crippen molar-refractivity contribution in [2.45, 2.75) is 0 Å². The lowest BCUT2D eigenvalue weighted by Gasteiger charge is -2.10. The zero-order valence-corrected chi connectivity index (χ0v) is 16.8. The second kappa shape index (κ2) is 9.32. The van der Waals surface area contributed by atoms with Gasteiger partial charge in [0, 0.05) is 5.56 Å². The van der Waals surface area contributed by atoms with E-state index in [2.05, 4.69) is 21.2 Å². The minimum atomic E-state index is -1.44. The number of benzene rings is 3. The number of halogens is 3. The number of carbonyl (C=O) groups is 2. The van der Waals surface area contributed by atoms with Gasteiger partial charge in [0.25, 0.3) is 5.91 Å². The maximum atomic E-state index is 14.4. The van der Waals surface area contributed by atoms with E-state index in [0.717, 1.165) is 24.3 Å². The lowest BCUT2D eigenvalue weighted by atomic mass is 10.1. The van der Waals surface area contributed by atoms with Crippen molar-refractivity contribution >= 4 is 33.9 Å². The summed E-state index contributed by atoms with van der Waals surface area (Å²) >= 11 is 3.30. The Balaban J connectivity index is 1.82. The predicted octanol–water partition coefficient (Wildman–Crippen LogP) is 5.38. The molecule has 0 spiro atoms. The summed E-state index contributed by atoms with van der Waals surface area (Å²) in [7, 11) is 0. The van der Waals surface area contributed by atoms with Crippen LogP contribution in [-0.4, -0.2) is 17.0 Å². The number of ether oxygens (including phenoxy) is 1. The van der Waals surface area contributed by atoms with Gasteiger partial charge < -0.3 is 15.2 Å². The summed E-state index contributed by atoms with van der Waals surface area (Å²) in [6, 6.07) is 15.6. The van der Waals surface area contributed by atoms with Crippen LogP contribution in [0.5, 0.6) is 11.5 Å². The molecular formula is C22H14BrF2NO4. The number of amides is 1. The van der Waals surface area contributed by atoms with Gasteiger partial charge in [0.2, 0.25) is 0 Å². The zero-order chi connectivity index (χ0) is 21.7. The molecule has 0 bridgehead atoms. The summed E-state index contributed by atoms with van der Waals surface area (Å²) in [5.74, 6) is -3.24. The van der Waals surface area contributed by atoms with E-state index in [-0.39, 0.29) is 16.9 Å². The summed E-state index contributed by atoms with van der Waals surface area (Å²) in [5, 5.41) is 11.5. The van der Waals surface area contributed by atoms with Crippen molar-refractivity contribution in [3.8, 4) is 11.5 Å². The Morgan fingerprint density at radius 1 is 0.967 bits per heavy atom. The van der Waals surface area contributed by atoms with Gasteiger partial charge in [-0.05, 0) is 70.0 Å². The van der Waals surface area contributed by atoms with Crippen LogP contribution in [0.2, 0.25) is 0 Å². The molecule has 0 radical (unpaired) electrons. The molecule has 0 unspecified atom stereocenters. The van der Waals surface area contributed by atoms with Crippen molar-refractivity contribution in [1.29, 1.82) is 0 Å². The minimum Gasteiger partial charge on any atom is -0.477 e. The number of para-hydroxylation sites is 1. The molecule has 0 heterocycles. The molecule has 5 nitrogen and oxygen atoms in total. The normalized spacial score (nSPS) is 11.1. The lowest BCUT2D eigenvalue weighted by molar-refractivity contribution is -0.132. The highest BCUT2D eigenvalue weighted by Crippen LogP contribution is 2.31. The molecule has 152 valence electrons. The number of hydrogen-bond acceptors (Lipinski definition) is 3. The zero-order valence-electron chi connectivity index (χ0n) is 15.2. The van der Waals surface area contributed by atoms with Crippen molar-refractivity contribution in [1.82, 2.24) is 5.32 Å². The molecule has 2 N–H and O–H groups in total. The molecule has 0 atom stereocenters. The second-order valence-electron chi connectivity index (χ2n) is 6.05. The fourth-order valence-corrected chi connectivity index (χ4v) is 2.84. The first-order valence-corrected chi connectivity index (χ1v) is 9.36. The average molecular weight is 474 g/mol. The smallest absolute Gasteiger partial charge is 0.352 e. The summed E-state index contributed by atoms with van der Waals surface area (Å²) in [6.45, 7) is 0. The highest BCUT2D eigenvalue weighted by Gasteiger charge is 2.15. The number of aliphatic carboxylic acids is 1. The standard InChI is InChI=1S/C22H14BrF2NO4/c23-16-6-1-2-7-19(16)30-20-9-8-13(10-17(20)25)11-18(22(28)29)26-21(27)14-4-3-5-15(24)12-14/h1-12H,(H,26,27)(H,28,29)/b18-11+. The Morgan fingerprint density at radius 2 is 1.73 bits per heavy atom. The molecule has 0 aromatic heterocycles. The minimum absolute atomic E-state index is 0.0504. The highest BCUT2D eigenvalue weighted by molar-refractivity contribution is 9.10. The Bertz CT molecular complexity index is 1150. The number of nitrogens with one attached hydrogen (secondary N) is 1. The Hall–Kier alpha value is -3.52. The summed E-state index contributed by atoms with van der Waals surface area (Å²) in [6.07, 6.45) is 1.09. The van der Waals surface area contributed by atoms with Crippen molar-refractivity contribution < 1.29 is 28.2 Å². The lowest BCUT2D eigenvalue weighted by Crippen LogP contribution is -2.27. The van der Waals surface area contributed by atoms with Crippen LogP contribution >= 0.6 is 15.9 Å². The van der Waals surface area contributed by atoms with Crippen LogP contribution in [0.3, 0.4) is 0 Å². The maximum absolute atomic E-state index is 14.4. The Morgan fingerprint density at radius 3 is 2.40 bits per heavy atom. The van der Waals surface area contributed by atoms with Crippen LogP contribution in [-0.2, 0) is 4.79 Å². The SMILES string of the molecule is O=C(O)/C(=C\c1ccc(Oc2ccccc2Br)c(F)c1)NC(=O)c1cccc(F)c1. The maximum Gasteiger partial charge on any atom is 0.352 e. The molecule has 3 aromatic rings. The van der Waals surface area contributed by atoms with Crippen LogP contribution in [0.15, 0.2) is 76.9 Å². The third-order valence-electron chi connectivity index (χ3n) is 3.89. The van der Waals surface area contributed by atoms with Gasteiger partial charge >= 0.3 is 5.97 Å². The Kier molecular flexibility index (Phi) is 6.58. The van der Waals surface area contributed by atoms with Crippen LogP contribution in [0.4, 0.5) is 8.78 Å². The number of carboxylic acid groups (broad SMARTS) is 1. The van der Waals surface area contributed by atoms with Gasteiger partial charge in [-0.25, -0.2) is 13.6 Å². The molecule has 30 heavy (non-hydrogen) atoms. The molecular weight excluding hydrogens is 460 g/mol. The molecule has 0 aliphatic carbocycles. The first kappa shape index (κ1) is 21.2. The van der Waals surface area contributed by atoms with Crippen molar-refractivity contribution in [2.24, 2.45) is 0 Å². The average Bonchev–Trinajstić information content (AvgIpc) is 2.71. The van der Waals surface area contributed by atoms with Gasteiger partial charge in [0.05, 0.1) is 4.47 Å². The van der Waals surface area contributed by atoms with Crippen LogP contribution in [0, 0.1) is 11.6 Å². The van der Waals surface area contributed by atoms with Gasteiger partial charge in [-0.15, -0.1) is 0 Å². The van der Waals surface area contributed by atoms with Crippen LogP contribution in [0.1, 0.15) is 15.9 Å². The number of carbonyl (C=O) groups excluding carboxylic acids is 1. The first-order valence-electron chi connectivity index (χ1n) is 8.57. The van der Waals surface area contributed by atoms with Gasteiger partial charge in [0.1, 0.15) is 17.3 Å². The van der Waals surface area contributed by atoms with E-state index >= 15 is 0 Å². The molecule has 0 saturated carbocycles. The van der Waals surface area contributed by atoms with E-state index in [1.807, 2.05) is 0 Å². The number of rotatable bonds is 6. The molecule has 8 heteroatoms. The van der Waals surface area contributed by atoms with Crippen molar-refractivity contribution in [3.05, 3.63) is 99.7 Å². The van der Waals surface area contributed by atoms with Gasteiger partial charge in [-0.2, -0.15) is 0 Å². The summed E-state index contributed by atoms with van der Waals surface area (Å²) in [4.78, 5) is 23.7. The fourth-order valence-electron chi connectivity index (χ4n) is 2.48. The summed E-state index contributed by atoms with van der Waals surface area (Å²) < 4.78 is 33.9. The van der Waals surface area contributed by atoms with Crippen LogP contribution in [0.25, 0.3) is 6.08 Å². The number of hydrogen-bond donors (Lipinski definition) is 2. The quantitative estimate of drug-likeness (QED) is 0.471. The van der Waals surface area contributed by atoms with E-state index in [9.17, 15) is 23.5 Å². The molecule has 0 saturated heterocycles.